The lowest BCUT2D eigenvalue weighted by Crippen LogP contribution is -2.51. The predicted octanol–water partition coefficient (Wildman–Crippen LogP) is 4.39. The molecule has 0 aromatic heterocycles. The number of carbonyl (C=O) groups is 1. The molecule has 25 heavy (non-hydrogen) atoms. The van der Waals surface area contributed by atoms with Gasteiger partial charge >= 0.3 is 5.97 Å². The van der Waals surface area contributed by atoms with Gasteiger partial charge < -0.3 is 4.74 Å². The third kappa shape index (κ3) is 4.08. The molecule has 0 spiro atoms. The highest BCUT2D eigenvalue weighted by molar-refractivity contribution is 14.1. The van der Waals surface area contributed by atoms with Gasteiger partial charge in [0.25, 0.3) is 0 Å². The molecule has 4 atom stereocenters. The summed E-state index contributed by atoms with van der Waals surface area (Å²) in [5.41, 5.74) is 2.42. The van der Waals surface area contributed by atoms with Crippen LogP contribution < -0.4 is 0 Å². The smallest absolute Gasteiger partial charge is 0.311 e. The molecule has 2 aliphatic heterocycles. The molecular weight excluding hydrogens is 432 g/mol. The summed E-state index contributed by atoms with van der Waals surface area (Å²) in [6, 6.07) is 9.17. The van der Waals surface area contributed by atoms with Crippen LogP contribution >= 0.6 is 22.6 Å². The molecule has 2 bridgehead atoms. The Bertz CT molecular complexity index is 619. The van der Waals surface area contributed by atoms with Gasteiger partial charge in [-0.2, -0.15) is 0 Å². The third-order valence-corrected chi connectivity index (χ3v) is 6.08. The standard InChI is InChI=1S/C20H25FINO2/c1-14-3-5-15(6-4-14)17-13-16-7-8-18(23(16)11-2-10-22)19(17)20(24)25-12-9-21/h2-6,10,16-19H,7-9,11-13H2,1H3/b10-2+. The van der Waals surface area contributed by atoms with Crippen LogP contribution in [-0.4, -0.2) is 42.8 Å². The molecule has 0 amide bonds. The first kappa shape index (κ1) is 18.8. The summed E-state index contributed by atoms with van der Waals surface area (Å²) in [5.74, 6) is -0.294. The number of carbonyl (C=O) groups excluding carboxylic acids is 1. The van der Waals surface area contributed by atoms with Gasteiger partial charge in [-0.05, 0) is 35.8 Å². The number of hydrogen-bond donors (Lipinski definition) is 0. The molecule has 1 aromatic carbocycles. The molecule has 0 radical (unpaired) electrons. The lowest BCUT2D eigenvalue weighted by Gasteiger charge is -2.43. The summed E-state index contributed by atoms with van der Waals surface area (Å²) in [5, 5.41) is 0. The Morgan fingerprint density at radius 2 is 2.12 bits per heavy atom. The van der Waals surface area contributed by atoms with Gasteiger partial charge in [0.1, 0.15) is 13.3 Å². The minimum atomic E-state index is -0.623. The molecule has 0 aliphatic carbocycles. The second-order valence-electron chi connectivity index (χ2n) is 6.99. The summed E-state index contributed by atoms with van der Waals surface area (Å²) in [7, 11) is 0. The Morgan fingerprint density at radius 1 is 1.36 bits per heavy atom. The van der Waals surface area contributed by atoms with Gasteiger partial charge in [0.05, 0.1) is 5.92 Å². The molecule has 136 valence electrons. The summed E-state index contributed by atoms with van der Waals surface area (Å²) in [6.45, 7) is 2.17. The van der Waals surface area contributed by atoms with E-state index in [4.69, 9.17) is 4.74 Å². The zero-order chi connectivity index (χ0) is 17.8. The van der Waals surface area contributed by atoms with Crippen LogP contribution in [0.25, 0.3) is 0 Å². The fraction of sp³-hybridized carbons (Fsp3) is 0.550. The lowest BCUT2D eigenvalue weighted by molar-refractivity contribution is -0.154. The van der Waals surface area contributed by atoms with Gasteiger partial charge in [-0.25, -0.2) is 4.39 Å². The van der Waals surface area contributed by atoms with E-state index in [2.05, 4.69) is 64.8 Å². The summed E-state index contributed by atoms with van der Waals surface area (Å²) in [6.07, 6.45) is 5.23. The van der Waals surface area contributed by atoms with E-state index in [0.29, 0.717) is 6.04 Å². The third-order valence-electron chi connectivity index (χ3n) is 5.57. The van der Waals surface area contributed by atoms with Crippen molar-refractivity contribution in [2.75, 3.05) is 19.8 Å². The normalized spacial score (nSPS) is 29.2. The monoisotopic (exact) mass is 457 g/mol. The number of nitrogens with zero attached hydrogens (tertiary/aromatic N) is 1. The van der Waals surface area contributed by atoms with Crippen molar-refractivity contribution in [1.82, 2.24) is 4.90 Å². The van der Waals surface area contributed by atoms with E-state index < -0.39 is 6.67 Å². The van der Waals surface area contributed by atoms with Crippen LogP contribution in [0.5, 0.6) is 0 Å². The van der Waals surface area contributed by atoms with E-state index >= 15 is 0 Å². The maximum Gasteiger partial charge on any atom is 0.311 e. The number of rotatable bonds is 6. The number of esters is 1. The van der Waals surface area contributed by atoms with E-state index in [0.717, 1.165) is 25.8 Å². The van der Waals surface area contributed by atoms with Crippen molar-refractivity contribution in [2.45, 2.75) is 44.2 Å². The van der Waals surface area contributed by atoms with Gasteiger partial charge in [-0.15, -0.1) is 0 Å². The number of halogens is 2. The van der Waals surface area contributed by atoms with Crippen molar-refractivity contribution in [2.24, 2.45) is 5.92 Å². The van der Waals surface area contributed by atoms with E-state index in [1.807, 2.05) is 4.08 Å². The van der Waals surface area contributed by atoms with Crippen LogP contribution in [0.1, 0.15) is 36.3 Å². The highest BCUT2D eigenvalue weighted by Gasteiger charge is 2.50. The molecule has 0 saturated carbocycles. The van der Waals surface area contributed by atoms with Crippen LogP contribution in [-0.2, 0) is 9.53 Å². The average Bonchev–Trinajstić information content (AvgIpc) is 2.89. The second kappa shape index (κ2) is 8.62. The van der Waals surface area contributed by atoms with E-state index in [1.54, 1.807) is 0 Å². The van der Waals surface area contributed by atoms with E-state index in [9.17, 15) is 9.18 Å². The predicted molar refractivity (Wildman–Crippen MR) is 106 cm³/mol. The molecule has 2 aliphatic rings. The van der Waals surface area contributed by atoms with Crippen LogP contribution in [0.4, 0.5) is 4.39 Å². The topological polar surface area (TPSA) is 29.5 Å². The Labute approximate surface area is 162 Å². The Kier molecular flexibility index (Phi) is 6.49. The summed E-state index contributed by atoms with van der Waals surface area (Å²) >= 11 is 2.23. The van der Waals surface area contributed by atoms with Crippen molar-refractivity contribution < 1.29 is 13.9 Å². The molecular formula is C20H25FINO2. The van der Waals surface area contributed by atoms with Gasteiger partial charge in [0.2, 0.25) is 0 Å². The zero-order valence-electron chi connectivity index (χ0n) is 14.5. The quantitative estimate of drug-likeness (QED) is 0.469. The number of piperidine rings is 1. The first-order valence-corrected chi connectivity index (χ1v) is 10.2. The number of hydrogen-bond acceptors (Lipinski definition) is 3. The van der Waals surface area contributed by atoms with Crippen molar-refractivity contribution in [3.8, 4) is 0 Å². The number of fused-ring (bicyclic) bond motifs is 2. The molecule has 4 unspecified atom stereocenters. The van der Waals surface area contributed by atoms with Crippen LogP contribution in [0, 0.1) is 12.8 Å². The molecule has 5 heteroatoms. The molecule has 3 rings (SSSR count). The summed E-state index contributed by atoms with van der Waals surface area (Å²) < 4.78 is 19.8. The second-order valence-corrected chi connectivity index (χ2v) is 7.71. The highest BCUT2D eigenvalue weighted by atomic mass is 127. The van der Waals surface area contributed by atoms with Gasteiger partial charge in [-0.3, -0.25) is 9.69 Å². The number of aryl methyl sites for hydroxylation is 1. The van der Waals surface area contributed by atoms with Gasteiger partial charge in [0.15, 0.2) is 0 Å². The Hall–Kier alpha value is -0.950. The van der Waals surface area contributed by atoms with Gasteiger partial charge in [0, 0.05) is 24.5 Å². The Balaban J connectivity index is 1.88. The minimum Gasteiger partial charge on any atom is -0.463 e. The maximum atomic E-state index is 12.8. The van der Waals surface area contributed by atoms with Crippen molar-refractivity contribution in [1.29, 1.82) is 0 Å². The van der Waals surface area contributed by atoms with E-state index in [-0.39, 0.29) is 30.5 Å². The SMILES string of the molecule is Cc1ccc(C2CC3CCC(C2C(=O)OCCF)N3C/C=C/I)cc1. The van der Waals surface area contributed by atoms with Crippen LogP contribution in [0.2, 0.25) is 0 Å². The molecule has 2 fully saturated rings. The fourth-order valence-corrected chi connectivity index (χ4v) is 4.70. The molecule has 2 saturated heterocycles. The number of benzene rings is 1. The molecule has 0 N–H and O–H groups in total. The van der Waals surface area contributed by atoms with Crippen molar-refractivity contribution >= 4 is 28.6 Å². The minimum absolute atomic E-state index is 0.139. The summed E-state index contributed by atoms with van der Waals surface area (Å²) in [4.78, 5) is 15.2. The van der Waals surface area contributed by atoms with Crippen LogP contribution in [0.15, 0.2) is 34.4 Å². The first-order valence-electron chi connectivity index (χ1n) is 8.95. The van der Waals surface area contributed by atoms with Crippen LogP contribution in [0.3, 0.4) is 0 Å². The zero-order valence-corrected chi connectivity index (χ0v) is 16.7. The number of alkyl halides is 1. The van der Waals surface area contributed by atoms with Crippen molar-refractivity contribution in [3.05, 3.63) is 45.6 Å². The number of ether oxygens (including phenoxy) is 1. The molecule has 1 aromatic rings. The van der Waals surface area contributed by atoms with E-state index in [1.165, 1.54) is 11.1 Å². The van der Waals surface area contributed by atoms with Gasteiger partial charge in [-0.1, -0.05) is 58.5 Å². The average molecular weight is 457 g/mol. The largest absolute Gasteiger partial charge is 0.463 e. The Morgan fingerprint density at radius 3 is 2.80 bits per heavy atom. The highest BCUT2D eigenvalue weighted by Crippen LogP contribution is 2.47. The molecule has 2 heterocycles. The first-order chi connectivity index (χ1) is 12.2. The molecule has 3 nitrogen and oxygen atoms in total. The lowest BCUT2D eigenvalue weighted by atomic mass is 9.76. The fourth-order valence-electron chi connectivity index (χ4n) is 4.47. The van der Waals surface area contributed by atoms with Crippen molar-refractivity contribution in [3.63, 3.8) is 0 Å². The maximum absolute atomic E-state index is 12.8.